The normalized spacial score (nSPS) is 21.0. The molecule has 31 heavy (non-hydrogen) atoms. The Morgan fingerprint density at radius 1 is 1.48 bits per heavy atom. The molecule has 1 saturated heterocycles. The first-order chi connectivity index (χ1) is 14.8. The lowest BCUT2D eigenvalue weighted by Crippen LogP contribution is -2.71. The Labute approximate surface area is 189 Å². The Kier molecular flexibility index (Phi) is 5.78. The number of rotatable bonds is 6. The first-order valence-corrected chi connectivity index (χ1v) is 11.2. The van der Waals surface area contributed by atoms with Crippen LogP contribution in [0.4, 0.5) is 5.13 Å². The molecule has 2 aliphatic heterocycles. The van der Waals surface area contributed by atoms with Crippen LogP contribution in [0.15, 0.2) is 31.8 Å². The van der Waals surface area contributed by atoms with Gasteiger partial charge in [-0.3, -0.25) is 14.5 Å². The third-order valence-corrected chi connectivity index (χ3v) is 7.60. The van der Waals surface area contributed by atoms with Gasteiger partial charge < -0.3 is 25.8 Å². The number of hydrogen-bond acceptors (Lipinski definition) is 13. The molecule has 1 fully saturated rings. The molecule has 4 rings (SSSR count). The second-order valence-corrected chi connectivity index (χ2v) is 9.65. The van der Waals surface area contributed by atoms with Crippen molar-refractivity contribution in [3.8, 4) is 0 Å². The summed E-state index contributed by atoms with van der Waals surface area (Å²) in [6, 6.07) is -1.05. The lowest BCUT2D eigenvalue weighted by atomic mass is 10.0. The number of oxime groups is 1. The summed E-state index contributed by atoms with van der Waals surface area (Å²) in [5.74, 6) is -2.65. The number of nitrogens with zero attached hydrogens (tertiary/aromatic N) is 5. The highest BCUT2D eigenvalue weighted by Crippen LogP contribution is 2.44. The van der Waals surface area contributed by atoms with Crippen LogP contribution in [0.25, 0.3) is 0 Å². The van der Waals surface area contributed by atoms with E-state index in [1.807, 2.05) is 0 Å². The van der Waals surface area contributed by atoms with Crippen molar-refractivity contribution in [3.05, 3.63) is 27.0 Å². The predicted molar refractivity (Wildman–Crippen MR) is 110 cm³/mol. The number of carboxylic acids is 1. The molecule has 5 N–H and O–H groups in total. The van der Waals surface area contributed by atoms with Crippen LogP contribution >= 0.6 is 46.5 Å². The third kappa shape index (κ3) is 3.82. The van der Waals surface area contributed by atoms with E-state index in [2.05, 4.69) is 25.7 Å². The van der Waals surface area contributed by atoms with Crippen LogP contribution in [-0.4, -0.2) is 71.1 Å². The van der Waals surface area contributed by atoms with Crippen molar-refractivity contribution < 1.29 is 29.1 Å². The monoisotopic (exact) mass is 503 g/mol. The molecular formula is C14H10ClN7O6S3. The molecule has 2 amide bonds. The number of fused-ring (bicyclic) bond motifs is 1. The molecule has 2 atom stereocenters. The Hall–Kier alpha value is -2.82. The average Bonchev–Trinajstić information content (AvgIpc) is 3.35. The number of hydrogen-bond donors (Lipinski definition) is 4. The Morgan fingerprint density at radius 3 is 2.84 bits per heavy atom. The van der Waals surface area contributed by atoms with E-state index in [0.717, 1.165) is 34.4 Å². The van der Waals surface area contributed by atoms with Crippen molar-refractivity contribution in [1.82, 2.24) is 25.4 Å². The Bertz CT molecular complexity index is 1130. The Morgan fingerprint density at radius 2 is 2.26 bits per heavy atom. The number of β-lactam (4-membered cyclic amide) rings is 1. The van der Waals surface area contributed by atoms with Crippen molar-refractivity contribution in [2.45, 2.75) is 16.6 Å². The quantitative estimate of drug-likeness (QED) is 0.184. The summed E-state index contributed by atoms with van der Waals surface area (Å²) < 4.78 is 5.05. The highest BCUT2D eigenvalue weighted by molar-refractivity contribution is 8.06. The minimum atomic E-state index is -1.31. The number of aromatic nitrogens is 3. The predicted octanol–water partition coefficient (Wildman–Crippen LogP) is 0.428. The number of nitrogens with two attached hydrogens (primary N) is 1. The van der Waals surface area contributed by atoms with Gasteiger partial charge in [0.1, 0.15) is 27.1 Å². The third-order valence-electron chi connectivity index (χ3n) is 4.11. The van der Waals surface area contributed by atoms with Crippen molar-refractivity contribution in [2.24, 2.45) is 5.16 Å². The van der Waals surface area contributed by atoms with E-state index < -0.39 is 34.9 Å². The molecule has 17 heteroatoms. The molecule has 0 bridgehead atoms. The van der Waals surface area contributed by atoms with Gasteiger partial charge in [0.2, 0.25) is 6.39 Å². The lowest BCUT2D eigenvalue weighted by Gasteiger charge is -2.49. The van der Waals surface area contributed by atoms with E-state index >= 15 is 0 Å². The number of carboxylic acid groups (broad SMARTS) is 1. The van der Waals surface area contributed by atoms with Crippen molar-refractivity contribution in [1.29, 1.82) is 0 Å². The number of halogens is 1. The fourth-order valence-electron chi connectivity index (χ4n) is 2.86. The highest BCUT2D eigenvalue weighted by Gasteiger charge is 2.54. The summed E-state index contributed by atoms with van der Waals surface area (Å²) in [6.07, 6.45) is 1.10. The Balaban J connectivity index is 1.53. The van der Waals surface area contributed by atoms with E-state index in [9.17, 15) is 24.7 Å². The van der Waals surface area contributed by atoms with Gasteiger partial charge in [0.15, 0.2) is 10.8 Å². The number of nitrogen functional groups attached to an aromatic ring is 1. The zero-order valence-electron chi connectivity index (χ0n) is 14.9. The number of thioether (sulfide) groups is 2. The number of carbonyl (C=O) groups excluding carboxylic acids is 2. The van der Waals surface area contributed by atoms with Crippen molar-refractivity contribution in [3.63, 3.8) is 0 Å². The smallest absolute Gasteiger partial charge is 0.353 e. The van der Waals surface area contributed by atoms with Gasteiger partial charge >= 0.3 is 5.97 Å². The van der Waals surface area contributed by atoms with Gasteiger partial charge in [0, 0.05) is 10.7 Å². The molecule has 2 aromatic rings. The minimum absolute atomic E-state index is 0.0350. The molecule has 0 saturated carbocycles. The van der Waals surface area contributed by atoms with E-state index in [-0.39, 0.29) is 31.8 Å². The van der Waals surface area contributed by atoms with Gasteiger partial charge in [-0.15, -0.1) is 22.0 Å². The van der Waals surface area contributed by atoms with Crippen LogP contribution in [0, 0.1) is 0 Å². The average molecular weight is 504 g/mol. The molecule has 0 radical (unpaired) electrons. The largest absolute Gasteiger partial charge is 0.477 e. The molecule has 0 aliphatic carbocycles. The van der Waals surface area contributed by atoms with Crippen LogP contribution in [0.5, 0.6) is 0 Å². The van der Waals surface area contributed by atoms with Crippen molar-refractivity contribution in [2.75, 3.05) is 11.5 Å². The second-order valence-electron chi connectivity index (χ2n) is 5.87. The molecule has 162 valence electrons. The minimum Gasteiger partial charge on any atom is -0.477 e. The number of amides is 2. The van der Waals surface area contributed by atoms with E-state index in [0.29, 0.717) is 4.91 Å². The van der Waals surface area contributed by atoms with Crippen LogP contribution in [0.3, 0.4) is 0 Å². The zero-order chi connectivity index (χ0) is 22.3. The summed E-state index contributed by atoms with van der Waals surface area (Å²) in [4.78, 5) is 42.3. The molecule has 2 aromatic heterocycles. The number of thiazole rings is 1. The number of anilines is 1. The number of nitrogens with one attached hydrogen (secondary N) is 1. The maximum Gasteiger partial charge on any atom is 0.353 e. The van der Waals surface area contributed by atoms with Crippen LogP contribution < -0.4 is 11.1 Å². The summed E-state index contributed by atoms with van der Waals surface area (Å²) in [6.45, 7) is 0. The number of aliphatic carboxylic acids is 1. The summed E-state index contributed by atoms with van der Waals surface area (Å²) >= 11 is 9.01. The number of carbonyl (C=O) groups is 3. The van der Waals surface area contributed by atoms with Gasteiger partial charge in [-0.1, -0.05) is 28.1 Å². The van der Waals surface area contributed by atoms with Gasteiger partial charge in [-0.2, -0.15) is 0 Å². The fourth-order valence-corrected chi connectivity index (χ4v) is 6.09. The summed E-state index contributed by atoms with van der Waals surface area (Å²) in [5, 5.41) is 31.0. The van der Waals surface area contributed by atoms with Gasteiger partial charge in [-0.05, 0) is 11.8 Å². The molecule has 1 unspecified atom stereocenters. The van der Waals surface area contributed by atoms with Crippen molar-refractivity contribution >= 4 is 75.1 Å². The summed E-state index contributed by atoms with van der Waals surface area (Å²) in [7, 11) is 0. The molecule has 4 heterocycles. The molecular weight excluding hydrogens is 494 g/mol. The zero-order valence-corrected chi connectivity index (χ0v) is 18.1. The van der Waals surface area contributed by atoms with E-state index in [4.69, 9.17) is 21.8 Å². The fraction of sp³-hybridized carbons (Fsp3) is 0.214. The van der Waals surface area contributed by atoms with Gasteiger partial charge in [0.05, 0.1) is 0 Å². The van der Waals surface area contributed by atoms with Gasteiger partial charge in [-0.25, -0.2) is 9.78 Å². The van der Waals surface area contributed by atoms with E-state index in [1.54, 1.807) is 0 Å². The first-order valence-electron chi connectivity index (χ1n) is 8.12. The SMILES string of the molecule is Nc1nc(/C(=N\O)C(=O)N[C@@H]2C(=O)N3C(C(=O)O)=C(Sc4nnco4)CSC23)c(Cl)s1. The van der Waals surface area contributed by atoms with Crippen LogP contribution in [0.2, 0.25) is 4.34 Å². The molecule has 0 aromatic carbocycles. The topological polar surface area (TPSA) is 197 Å². The summed E-state index contributed by atoms with van der Waals surface area (Å²) in [5.41, 5.74) is 4.66. The lowest BCUT2D eigenvalue weighted by molar-refractivity contribution is -0.150. The molecule has 2 aliphatic rings. The van der Waals surface area contributed by atoms with E-state index in [1.165, 1.54) is 11.8 Å². The standard InChI is InChI=1S/C14H10ClN7O6S3/c15-8-4(19-13(16)31-8)5(21-27)9(23)18-6-10(24)22-7(12(25)26)3(1-29-11(6)22)30-14-20-17-2-28-14/h2,6,11,27H,1H2,(H2,16,19)(H,18,23)(H,25,26)/b21-5+/t6-,11?/m1/s1. The first kappa shape index (κ1) is 21.4. The van der Waals surface area contributed by atoms with Crippen LogP contribution in [0.1, 0.15) is 5.69 Å². The van der Waals surface area contributed by atoms with Crippen LogP contribution in [-0.2, 0) is 14.4 Å². The molecule has 13 nitrogen and oxygen atoms in total. The van der Waals surface area contributed by atoms with Gasteiger partial charge in [0.25, 0.3) is 17.0 Å². The maximum atomic E-state index is 12.7. The highest BCUT2D eigenvalue weighted by atomic mass is 35.5. The molecule has 0 spiro atoms. The second kappa shape index (κ2) is 8.37. The maximum absolute atomic E-state index is 12.7.